The van der Waals surface area contributed by atoms with Gasteiger partial charge in [0.15, 0.2) is 0 Å². The molecule has 0 spiro atoms. The quantitative estimate of drug-likeness (QED) is 0.250. The molecule has 12 heteroatoms. The molecule has 3 aromatic carbocycles. The van der Waals surface area contributed by atoms with E-state index in [-0.39, 0.29) is 16.3 Å². The van der Waals surface area contributed by atoms with Gasteiger partial charge in [-0.1, -0.05) is 12.1 Å². The smallest absolute Gasteiger partial charge is 0.295 e. The van der Waals surface area contributed by atoms with Gasteiger partial charge >= 0.3 is 0 Å². The van der Waals surface area contributed by atoms with E-state index in [0.29, 0.717) is 22.8 Å². The fourth-order valence-corrected chi connectivity index (χ4v) is 4.04. The van der Waals surface area contributed by atoms with E-state index in [4.69, 9.17) is 14.2 Å². The van der Waals surface area contributed by atoms with Crippen LogP contribution >= 0.6 is 0 Å². The maximum absolute atomic E-state index is 12.8. The summed E-state index contributed by atoms with van der Waals surface area (Å²) in [6.07, 6.45) is 1.41. The summed E-state index contributed by atoms with van der Waals surface area (Å²) in [6, 6.07) is 14.9. The summed E-state index contributed by atoms with van der Waals surface area (Å²) in [5.74, 6) is 1.39. The van der Waals surface area contributed by atoms with Crippen molar-refractivity contribution in [2.75, 3.05) is 31.5 Å². The summed E-state index contributed by atoms with van der Waals surface area (Å²) >= 11 is 0. The van der Waals surface area contributed by atoms with E-state index in [1.807, 2.05) is 0 Å². The minimum absolute atomic E-state index is 0.00460. The second-order valence-corrected chi connectivity index (χ2v) is 8.40. The van der Waals surface area contributed by atoms with Crippen LogP contribution in [0.25, 0.3) is 0 Å². The number of nitro groups is 1. The van der Waals surface area contributed by atoms with E-state index in [1.54, 1.807) is 36.4 Å². The van der Waals surface area contributed by atoms with Gasteiger partial charge in [0.25, 0.3) is 15.7 Å². The SMILES string of the molecule is COc1ccc(/C=N\Nc2ccc(S(=O)(=O)Nc3ccccc3OC)cc2[N+](=O)[O-])c(OC)c1. The Labute approximate surface area is 196 Å². The Morgan fingerprint density at radius 3 is 2.32 bits per heavy atom. The summed E-state index contributed by atoms with van der Waals surface area (Å²) < 4.78 is 43.6. The van der Waals surface area contributed by atoms with Crippen LogP contribution in [-0.2, 0) is 10.0 Å². The fraction of sp³-hybridized carbons (Fsp3) is 0.136. The number of ether oxygens (including phenoxy) is 3. The van der Waals surface area contributed by atoms with Gasteiger partial charge in [0.2, 0.25) is 0 Å². The summed E-state index contributed by atoms with van der Waals surface area (Å²) in [6.45, 7) is 0. The number of nitrogens with zero attached hydrogens (tertiary/aromatic N) is 2. The first-order chi connectivity index (χ1) is 16.3. The van der Waals surface area contributed by atoms with Gasteiger partial charge in [0.05, 0.1) is 43.1 Å². The first kappa shape index (κ1) is 24.3. The van der Waals surface area contributed by atoms with Gasteiger partial charge in [0, 0.05) is 17.7 Å². The summed E-state index contributed by atoms with van der Waals surface area (Å²) in [5, 5.41) is 15.6. The number of methoxy groups -OCH3 is 3. The molecule has 0 bridgehead atoms. The molecule has 0 saturated heterocycles. The predicted molar refractivity (Wildman–Crippen MR) is 128 cm³/mol. The van der Waals surface area contributed by atoms with Crippen molar-refractivity contribution in [1.82, 2.24) is 0 Å². The van der Waals surface area contributed by atoms with Crippen LogP contribution < -0.4 is 24.4 Å². The molecule has 3 rings (SSSR count). The van der Waals surface area contributed by atoms with Crippen molar-refractivity contribution < 1.29 is 27.6 Å². The van der Waals surface area contributed by atoms with E-state index in [2.05, 4.69) is 15.2 Å². The molecule has 11 nitrogen and oxygen atoms in total. The van der Waals surface area contributed by atoms with Gasteiger partial charge < -0.3 is 14.2 Å². The molecule has 0 saturated carbocycles. The number of nitrogens with one attached hydrogen (secondary N) is 2. The number of para-hydroxylation sites is 2. The van der Waals surface area contributed by atoms with E-state index < -0.39 is 20.6 Å². The zero-order chi connectivity index (χ0) is 24.7. The number of nitro benzene ring substituents is 1. The molecule has 34 heavy (non-hydrogen) atoms. The van der Waals surface area contributed by atoms with Crippen molar-refractivity contribution in [2.24, 2.45) is 5.10 Å². The molecule has 0 heterocycles. The van der Waals surface area contributed by atoms with Crippen LogP contribution in [0.3, 0.4) is 0 Å². The third-order valence-corrected chi connectivity index (χ3v) is 6.02. The average Bonchev–Trinajstić information content (AvgIpc) is 2.84. The lowest BCUT2D eigenvalue weighted by atomic mass is 10.2. The highest BCUT2D eigenvalue weighted by molar-refractivity contribution is 7.92. The Morgan fingerprint density at radius 1 is 0.912 bits per heavy atom. The third kappa shape index (κ3) is 5.53. The summed E-state index contributed by atoms with van der Waals surface area (Å²) in [7, 11) is 0.292. The lowest BCUT2D eigenvalue weighted by Crippen LogP contribution is -2.14. The number of benzene rings is 3. The van der Waals surface area contributed by atoms with Gasteiger partial charge in [0.1, 0.15) is 22.9 Å². The van der Waals surface area contributed by atoms with Crippen LogP contribution in [0.4, 0.5) is 17.1 Å². The molecule has 3 aromatic rings. The lowest BCUT2D eigenvalue weighted by Gasteiger charge is -2.12. The molecule has 0 aliphatic carbocycles. The van der Waals surface area contributed by atoms with Crippen molar-refractivity contribution in [1.29, 1.82) is 0 Å². The van der Waals surface area contributed by atoms with Crippen LogP contribution in [0, 0.1) is 10.1 Å². The van der Waals surface area contributed by atoms with Crippen molar-refractivity contribution >= 4 is 33.3 Å². The van der Waals surface area contributed by atoms with Gasteiger partial charge in [-0.25, -0.2) is 8.42 Å². The minimum Gasteiger partial charge on any atom is -0.497 e. The van der Waals surface area contributed by atoms with Gasteiger partial charge in [-0.05, 0) is 36.4 Å². The van der Waals surface area contributed by atoms with E-state index in [0.717, 1.165) is 6.07 Å². The largest absolute Gasteiger partial charge is 0.497 e. The second kappa shape index (κ2) is 10.5. The number of hydrogen-bond acceptors (Lipinski definition) is 9. The van der Waals surface area contributed by atoms with Crippen LogP contribution in [0.5, 0.6) is 17.2 Å². The Bertz CT molecular complexity index is 1330. The van der Waals surface area contributed by atoms with Crippen molar-refractivity contribution in [3.05, 3.63) is 76.3 Å². The van der Waals surface area contributed by atoms with Gasteiger partial charge in [-0.15, -0.1) is 0 Å². The highest BCUT2D eigenvalue weighted by atomic mass is 32.2. The number of hydrogen-bond donors (Lipinski definition) is 2. The molecular weight excluding hydrogens is 464 g/mol. The van der Waals surface area contributed by atoms with E-state index in [1.165, 1.54) is 45.7 Å². The highest BCUT2D eigenvalue weighted by Crippen LogP contribution is 2.31. The van der Waals surface area contributed by atoms with Gasteiger partial charge in [-0.2, -0.15) is 5.10 Å². The molecule has 0 amide bonds. The average molecular weight is 487 g/mol. The number of sulfonamides is 1. The van der Waals surface area contributed by atoms with Crippen molar-refractivity contribution in [3.63, 3.8) is 0 Å². The Balaban J connectivity index is 1.86. The topological polar surface area (TPSA) is 141 Å². The zero-order valence-corrected chi connectivity index (χ0v) is 19.3. The van der Waals surface area contributed by atoms with E-state index in [9.17, 15) is 18.5 Å². The lowest BCUT2D eigenvalue weighted by molar-refractivity contribution is -0.384. The first-order valence-electron chi connectivity index (χ1n) is 9.74. The van der Waals surface area contributed by atoms with Crippen LogP contribution in [0.1, 0.15) is 5.56 Å². The molecule has 178 valence electrons. The summed E-state index contributed by atoms with van der Waals surface area (Å²) in [4.78, 5) is 10.6. The molecule has 2 N–H and O–H groups in total. The van der Waals surface area contributed by atoms with Crippen molar-refractivity contribution in [3.8, 4) is 17.2 Å². The molecule has 0 atom stereocenters. The fourth-order valence-electron chi connectivity index (χ4n) is 2.95. The normalized spacial score (nSPS) is 11.1. The van der Waals surface area contributed by atoms with Crippen LogP contribution in [0.2, 0.25) is 0 Å². The Kier molecular flexibility index (Phi) is 7.53. The Morgan fingerprint density at radius 2 is 1.65 bits per heavy atom. The standard InChI is InChI=1S/C22H22N4O7S/c1-31-16-9-8-15(22(12-16)33-3)14-23-24-18-11-10-17(13-20(18)26(27)28)34(29,30)25-19-6-4-5-7-21(19)32-2/h4-14,24-25H,1-3H3/b23-14-. The maximum atomic E-state index is 12.8. The van der Waals surface area contributed by atoms with Gasteiger partial charge in [-0.3, -0.25) is 20.3 Å². The number of rotatable bonds is 10. The van der Waals surface area contributed by atoms with Crippen LogP contribution in [0.15, 0.2) is 70.7 Å². The van der Waals surface area contributed by atoms with Crippen LogP contribution in [-0.4, -0.2) is 40.9 Å². The number of hydrazone groups is 1. The molecule has 0 aliphatic rings. The first-order valence-corrected chi connectivity index (χ1v) is 11.2. The Hall–Kier alpha value is -4.32. The molecule has 0 unspecified atom stereocenters. The minimum atomic E-state index is -4.13. The third-order valence-electron chi connectivity index (χ3n) is 4.66. The predicted octanol–water partition coefficient (Wildman–Crippen LogP) is 3.87. The number of anilines is 2. The molecular formula is C22H22N4O7S. The van der Waals surface area contributed by atoms with Crippen molar-refractivity contribution in [2.45, 2.75) is 4.90 Å². The van der Waals surface area contributed by atoms with E-state index >= 15 is 0 Å². The molecule has 0 fully saturated rings. The molecule has 0 radical (unpaired) electrons. The maximum Gasteiger partial charge on any atom is 0.295 e. The monoisotopic (exact) mass is 486 g/mol. The zero-order valence-electron chi connectivity index (χ0n) is 18.5. The molecule has 0 aromatic heterocycles. The summed E-state index contributed by atoms with van der Waals surface area (Å²) in [5.41, 5.74) is 2.91. The second-order valence-electron chi connectivity index (χ2n) is 6.72. The molecule has 0 aliphatic heterocycles. The highest BCUT2D eigenvalue weighted by Gasteiger charge is 2.22.